The molecule has 7 nitrogen and oxygen atoms in total. The lowest BCUT2D eigenvalue weighted by Gasteiger charge is -2.22. The normalized spacial score (nSPS) is 12.4. The molecule has 1 amide bonds. The second-order valence-electron chi connectivity index (χ2n) is 4.79. The lowest BCUT2D eigenvalue weighted by molar-refractivity contribution is 0.0942. The number of nitrogens with zero attached hydrogens (tertiary/aromatic N) is 2. The van der Waals surface area contributed by atoms with Crippen LogP contribution in [0.4, 0.5) is 5.69 Å². The van der Waals surface area contributed by atoms with Gasteiger partial charge in [-0.25, -0.2) is 8.42 Å². The van der Waals surface area contributed by atoms with Crippen molar-refractivity contribution in [2.75, 3.05) is 18.5 Å². The number of carbonyl (C=O) groups excluding carboxylic acids is 1. The molecule has 0 atom stereocenters. The van der Waals surface area contributed by atoms with Gasteiger partial charge in [0.2, 0.25) is 0 Å². The summed E-state index contributed by atoms with van der Waals surface area (Å²) >= 11 is 0. The minimum atomic E-state index is -3.26. The first kappa shape index (κ1) is 14.5. The van der Waals surface area contributed by atoms with E-state index in [1.807, 2.05) is 0 Å². The van der Waals surface area contributed by atoms with Gasteiger partial charge in [-0.2, -0.15) is 5.10 Å². The Balaban J connectivity index is 2.80. The predicted molar refractivity (Wildman–Crippen MR) is 68.9 cm³/mol. The van der Waals surface area contributed by atoms with Crippen LogP contribution in [0.15, 0.2) is 6.20 Å². The van der Waals surface area contributed by atoms with Crippen molar-refractivity contribution in [1.29, 1.82) is 0 Å². The predicted octanol–water partition coefficient (Wildman–Crippen LogP) is -0.445. The number of nitrogen functional groups attached to an aromatic ring is 1. The van der Waals surface area contributed by atoms with Crippen LogP contribution in [-0.4, -0.2) is 41.7 Å². The Morgan fingerprint density at radius 1 is 1.56 bits per heavy atom. The van der Waals surface area contributed by atoms with Crippen LogP contribution < -0.4 is 11.1 Å². The monoisotopic (exact) mass is 274 g/mol. The number of nitrogens with one attached hydrogen (secondary N) is 1. The summed E-state index contributed by atoms with van der Waals surface area (Å²) in [6.07, 6.45) is 2.51. The van der Waals surface area contributed by atoms with E-state index in [1.165, 1.54) is 10.9 Å². The van der Waals surface area contributed by atoms with Gasteiger partial charge < -0.3 is 11.1 Å². The third-order valence-corrected chi connectivity index (χ3v) is 5.01. The van der Waals surface area contributed by atoms with Gasteiger partial charge >= 0.3 is 0 Å². The summed E-state index contributed by atoms with van der Waals surface area (Å²) in [7, 11) is -1.67. The van der Waals surface area contributed by atoms with E-state index in [0.717, 1.165) is 6.26 Å². The quantitative estimate of drug-likeness (QED) is 0.773. The molecule has 1 rings (SSSR count). The van der Waals surface area contributed by atoms with E-state index >= 15 is 0 Å². The number of sulfone groups is 1. The first-order chi connectivity index (χ1) is 8.06. The molecule has 0 fully saturated rings. The van der Waals surface area contributed by atoms with Crippen LogP contribution >= 0.6 is 0 Å². The highest BCUT2D eigenvalue weighted by Crippen LogP contribution is 2.14. The Labute approximate surface area is 106 Å². The third kappa shape index (κ3) is 2.81. The van der Waals surface area contributed by atoms with Crippen molar-refractivity contribution in [1.82, 2.24) is 15.1 Å². The van der Waals surface area contributed by atoms with Gasteiger partial charge in [0.25, 0.3) is 5.91 Å². The maximum atomic E-state index is 11.9. The van der Waals surface area contributed by atoms with Gasteiger partial charge in [-0.15, -0.1) is 0 Å². The van der Waals surface area contributed by atoms with Crippen LogP contribution in [0, 0.1) is 0 Å². The van der Waals surface area contributed by atoms with E-state index in [9.17, 15) is 13.2 Å². The topological polar surface area (TPSA) is 107 Å². The second-order valence-corrected chi connectivity index (χ2v) is 7.44. The highest BCUT2D eigenvalue weighted by molar-refractivity contribution is 7.92. The lowest BCUT2D eigenvalue weighted by Crippen LogP contribution is -2.44. The highest BCUT2D eigenvalue weighted by atomic mass is 32.2. The van der Waals surface area contributed by atoms with Gasteiger partial charge in [-0.1, -0.05) is 0 Å². The maximum Gasteiger partial charge on any atom is 0.271 e. The number of hydrogen-bond acceptors (Lipinski definition) is 5. The molecule has 0 saturated heterocycles. The van der Waals surface area contributed by atoms with Gasteiger partial charge in [0.05, 0.1) is 16.6 Å². The van der Waals surface area contributed by atoms with Crippen LogP contribution in [0.1, 0.15) is 24.3 Å². The number of nitrogens with two attached hydrogens (primary N) is 1. The summed E-state index contributed by atoms with van der Waals surface area (Å²) in [6, 6.07) is 0. The molecule has 102 valence electrons. The average molecular weight is 274 g/mol. The number of aryl methyl sites for hydroxylation is 1. The number of carbonyl (C=O) groups is 1. The van der Waals surface area contributed by atoms with Crippen LogP contribution in [0.25, 0.3) is 0 Å². The summed E-state index contributed by atoms with van der Waals surface area (Å²) in [5.74, 6) is -0.441. The molecule has 0 aromatic carbocycles. The van der Waals surface area contributed by atoms with E-state index in [2.05, 4.69) is 10.4 Å². The van der Waals surface area contributed by atoms with Crippen molar-refractivity contribution in [3.05, 3.63) is 11.9 Å². The molecule has 0 aliphatic heterocycles. The Kier molecular flexibility index (Phi) is 3.70. The number of amides is 1. The van der Waals surface area contributed by atoms with Gasteiger partial charge in [-0.3, -0.25) is 9.48 Å². The number of hydrogen-bond donors (Lipinski definition) is 2. The first-order valence-corrected chi connectivity index (χ1v) is 7.20. The van der Waals surface area contributed by atoms with Crippen molar-refractivity contribution in [3.63, 3.8) is 0 Å². The molecule has 1 heterocycles. The zero-order valence-electron chi connectivity index (χ0n) is 10.9. The lowest BCUT2D eigenvalue weighted by atomic mass is 10.2. The molecular weight excluding hydrogens is 256 g/mol. The summed E-state index contributed by atoms with van der Waals surface area (Å²) in [6.45, 7) is 3.11. The van der Waals surface area contributed by atoms with E-state index in [-0.39, 0.29) is 17.9 Å². The van der Waals surface area contributed by atoms with Gasteiger partial charge in [0.15, 0.2) is 9.84 Å². The van der Waals surface area contributed by atoms with Crippen molar-refractivity contribution in [2.45, 2.75) is 18.6 Å². The van der Waals surface area contributed by atoms with Crippen molar-refractivity contribution < 1.29 is 13.2 Å². The van der Waals surface area contributed by atoms with E-state index < -0.39 is 20.5 Å². The Morgan fingerprint density at radius 2 is 2.11 bits per heavy atom. The number of rotatable bonds is 4. The average Bonchev–Trinajstić information content (AvgIpc) is 2.54. The van der Waals surface area contributed by atoms with Crippen LogP contribution in [0.5, 0.6) is 0 Å². The first-order valence-electron chi connectivity index (χ1n) is 5.31. The second kappa shape index (κ2) is 4.60. The number of aromatic nitrogens is 2. The van der Waals surface area contributed by atoms with Crippen LogP contribution in [0.3, 0.4) is 0 Å². The maximum absolute atomic E-state index is 11.9. The fourth-order valence-electron chi connectivity index (χ4n) is 1.24. The molecule has 3 N–H and O–H groups in total. The molecule has 0 spiro atoms. The Morgan fingerprint density at radius 3 is 2.50 bits per heavy atom. The van der Waals surface area contributed by atoms with Crippen molar-refractivity contribution in [2.24, 2.45) is 7.05 Å². The van der Waals surface area contributed by atoms with Crippen molar-refractivity contribution >= 4 is 21.4 Å². The molecule has 0 unspecified atom stereocenters. The molecule has 1 aromatic heterocycles. The third-order valence-electron chi connectivity index (χ3n) is 2.86. The smallest absolute Gasteiger partial charge is 0.271 e. The molecule has 8 heteroatoms. The fourth-order valence-corrected chi connectivity index (χ4v) is 1.57. The summed E-state index contributed by atoms with van der Waals surface area (Å²) in [4.78, 5) is 11.9. The highest BCUT2D eigenvalue weighted by Gasteiger charge is 2.31. The molecule has 0 saturated carbocycles. The number of anilines is 1. The standard InChI is InChI=1S/C10H18N4O3S/c1-10(2,18(4,16)17)6-12-9(15)8-7(11)5-13-14(8)3/h5H,6,11H2,1-4H3,(H,12,15). The van der Waals surface area contributed by atoms with Crippen LogP contribution in [-0.2, 0) is 16.9 Å². The van der Waals surface area contributed by atoms with Crippen LogP contribution in [0.2, 0.25) is 0 Å². The SMILES string of the molecule is Cn1ncc(N)c1C(=O)NCC(C)(C)S(C)(=O)=O. The fraction of sp³-hybridized carbons (Fsp3) is 0.600. The Bertz CT molecular complexity index is 540. The summed E-state index contributed by atoms with van der Waals surface area (Å²) in [5, 5.41) is 6.40. The summed E-state index contributed by atoms with van der Waals surface area (Å²) in [5.41, 5.74) is 6.08. The molecule has 0 aliphatic rings. The zero-order chi connectivity index (χ0) is 14.1. The van der Waals surface area contributed by atoms with Gasteiger partial charge in [0, 0.05) is 19.8 Å². The zero-order valence-corrected chi connectivity index (χ0v) is 11.7. The van der Waals surface area contributed by atoms with E-state index in [1.54, 1.807) is 20.9 Å². The minimum absolute atomic E-state index is 0.00921. The van der Waals surface area contributed by atoms with E-state index in [4.69, 9.17) is 5.73 Å². The van der Waals surface area contributed by atoms with Gasteiger partial charge in [-0.05, 0) is 13.8 Å². The largest absolute Gasteiger partial charge is 0.396 e. The summed E-state index contributed by atoms with van der Waals surface area (Å²) < 4.78 is 23.3. The Hall–Kier alpha value is -1.57. The molecule has 0 aliphatic carbocycles. The minimum Gasteiger partial charge on any atom is -0.396 e. The molecular formula is C10H18N4O3S. The molecule has 0 bridgehead atoms. The van der Waals surface area contributed by atoms with Gasteiger partial charge in [0.1, 0.15) is 5.69 Å². The van der Waals surface area contributed by atoms with E-state index in [0.29, 0.717) is 0 Å². The molecule has 18 heavy (non-hydrogen) atoms. The molecule has 0 radical (unpaired) electrons. The molecule has 1 aromatic rings. The van der Waals surface area contributed by atoms with Crippen molar-refractivity contribution in [3.8, 4) is 0 Å².